The number of thiazole rings is 1. The molecule has 0 unspecified atom stereocenters. The summed E-state index contributed by atoms with van der Waals surface area (Å²) in [6, 6.07) is 10.0. The molecule has 0 aliphatic carbocycles. The summed E-state index contributed by atoms with van der Waals surface area (Å²) in [4.78, 5) is 29.7. The molecule has 1 aromatic carbocycles. The first-order valence-electron chi connectivity index (χ1n) is 9.25. The fourth-order valence-electron chi connectivity index (χ4n) is 2.52. The van der Waals surface area contributed by atoms with E-state index in [9.17, 15) is 9.59 Å². The van der Waals surface area contributed by atoms with Crippen LogP contribution in [0, 0.1) is 6.92 Å². The molecule has 0 radical (unpaired) electrons. The number of rotatable bonds is 6. The summed E-state index contributed by atoms with van der Waals surface area (Å²) < 4.78 is 5.23. The Morgan fingerprint density at radius 3 is 2.36 bits per heavy atom. The number of amides is 2. The first kappa shape index (κ1) is 21.9. The number of aromatic nitrogens is 1. The van der Waals surface area contributed by atoms with E-state index in [1.807, 2.05) is 51.1 Å². The first-order valence-corrected chi connectivity index (χ1v) is 10.1. The van der Waals surface area contributed by atoms with Crippen LogP contribution in [-0.2, 0) is 11.2 Å². The fourth-order valence-corrected chi connectivity index (χ4v) is 3.52. The summed E-state index contributed by atoms with van der Waals surface area (Å²) in [6.07, 6.45) is 0.192. The minimum Gasteiger partial charge on any atom is -0.444 e. The molecule has 0 saturated carbocycles. The predicted octanol–water partition coefficient (Wildman–Crippen LogP) is 4.08. The van der Waals surface area contributed by atoms with Crippen LogP contribution in [0.1, 0.15) is 60.6 Å². The van der Waals surface area contributed by atoms with E-state index in [2.05, 4.69) is 15.6 Å². The van der Waals surface area contributed by atoms with Crippen LogP contribution in [0.2, 0.25) is 0 Å². The number of hydrogen-bond acceptors (Lipinski definition) is 5. The summed E-state index contributed by atoms with van der Waals surface area (Å²) in [5.41, 5.74) is 0.672. The average Bonchev–Trinajstić information content (AvgIpc) is 2.93. The number of aryl methyl sites for hydroxylation is 1. The van der Waals surface area contributed by atoms with Crippen molar-refractivity contribution in [3.05, 3.63) is 51.5 Å². The van der Waals surface area contributed by atoms with Crippen LogP contribution in [-0.4, -0.2) is 34.7 Å². The molecule has 1 aromatic heterocycles. The Balaban J connectivity index is 1.96. The van der Waals surface area contributed by atoms with E-state index in [0.29, 0.717) is 17.0 Å². The Morgan fingerprint density at radius 2 is 1.75 bits per heavy atom. The van der Waals surface area contributed by atoms with E-state index < -0.39 is 17.2 Å². The Hall–Kier alpha value is -2.41. The number of hydrogen-bond donors (Lipinski definition) is 2. The number of ether oxygens (including phenoxy) is 1. The van der Waals surface area contributed by atoms with E-state index in [1.165, 1.54) is 11.3 Å². The van der Waals surface area contributed by atoms with Gasteiger partial charge in [-0.1, -0.05) is 30.3 Å². The van der Waals surface area contributed by atoms with E-state index in [4.69, 9.17) is 4.74 Å². The van der Waals surface area contributed by atoms with Crippen LogP contribution < -0.4 is 10.6 Å². The maximum absolute atomic E-state index is 12.7. The molecule has 0 bridgehead atoms. The van der Waals surface area contributed by atoms with Crippen molar-refractivity contribution in [1.82, 2.24) is 15.6 Å². The lowest BCUT2D eigenvalue weighted by molar-refractivity contribution is 0.0509. The topological polar surface area (TPSA) is 80.3 Å². The molecule has 0 saturated heterocycles. The van der Waals surface area contributed by atoms with Crippen molar-refractivity contribution in [2.75, 3.05) is 6.54 Å². The summed E-state index contributed by atoms with van der Waals surface area (Å²) >= 11 is 1.40. The fraction of sp³-hybridized carbons (Fsp3) is 0.476. The van der Waals surface area contributed by atoms with Gasteiger partial charge in [0.25, 0.3) is 5.91 Å². The van der Waals surface area contributed by atoms with Gasteiger partial charge in [0, 0.05) is 13.0 Å². The van der Waals surface area contributed by atoms with Gasteiger partial charge in [0.05, 0.1) is 16.2 Å². The van der Waals surface area contributed by atoms with E-state index in [-0.39, 0.29) is 12.5 Å². The summed E-state index contributed by atoms with van der Waals surface area (Å²) in [5.74, 6) is -0.190. The lowest BCUT2D eigenvalue weighted by Gasteiger charge is -2.27. The molecule has 6 nitrogen and oxygen atoms in total. The van der Waals surface area contributed by atoms with Gasteiger partial charge < -0.3 is 15.4 Å². The highest BCUT2D eigenvalue weighted by Gasteiger charge is 2.26. The minimum absolute atomic E-state index is 0.190. The van der Waals surface area contributed by atoms with Gasteiger partial charge in [-0.2, -0.15) is 0 Å². The molecule has 0 aliphatic heterocycles. The Bertz CT molecular complexity index is 823. The molecule has 0 spiro atoms. The van der Waals surface area contributed by atoms with Crippen molar-refractivity contribution in [2.45, 2.75) is 59.1 Å². The second kappa shape index (κ2) is 8.73. The third-order valence-electron chi connectivity index (χ3n) is 3.77. The Morgan fingerprint density at radius 1 is 1.11 bits per heavy atom. The summed E-state index contributed by atoms with van der Waals surface area (Å²) in [6.45, 7) is 11.2. The molecule has 2 amide bonds. The molecule has 2 aromatic rings. The Labute approximate surface area is 170 Å². The summed E-state index contributed by atoms with van der Waals surface area (Å²) in [7, 11) is 0. The van der Waals surface area contributed by atoms with Gasteiger partial charge in [-0.25, -0.2) is 9.78 Å². The quantitative estimate of drug-likeness (QED) is 0.762. The molecule has 0 aliphatic rings. The molecular formula is C21H29N3O3S. The first-order chi connectivity index (χ1) is 13.0. The maximum Gasteiger partial charge on any atom is 0.407 e. The van der Waals surface area contributed by atoms with E-state index in [0.717, 1.165) is 10.6 Å². The second-order valence-corrected chi connectivity index (χ2v) is 9.46. The second-order valence-electron chi connectivity index (χ2n) is 8.38. The SMILES string of the molecule is Cc1nc(Cc2ccccc2)sc1C(=O)NC(C)(C)CNC(=O)OC(C)(C)C. The average molecular weight is 404 g/mol. The van der Waals surface area contributed by atoms with E-state index >= 15 is 0 Å². The zero-order valence-corrected chi connectivity index (χ0v) is 18.2. The normalized spacial score (nSPS) is 11.8. The van der Waals surface area contributed by atoms with Gasteiger partial charge in [0.1, 0.15) is 10.5 Å². The largest absolute Gasteiger partial charge is 0.444 e. The molecule has 0 atom stereocenters. The van der Waals surface area contributed by atoms with Crippen molar-refractivity contribution in [1.29, 1.82) is 0 Å². The van der Waals surface area contributed by atoms with Crippen molar-refractivity contribution in [2.24, 2.45) is 0 Å². The smallest absolute Gasteiger partial charge is 0.407 e. The van der Waals surface area contributed by atoms with Crippen LogP contribution in [0.5, 0.6) is 0 Å². The van der Waals surface area contributed by atoms with Crippen LogP contribution in [0.25, 0.3) is 0 Å². The van der Waals surface area contributed by atoms with Gasteiger partial charge >= 0.3 is 6.09 Å². The molecule has 2 N–H and O–H groups in total. The van der Waals surface area contributed by atoms with Crippen molar-refractivity contribution < 1.29 is 14.3 Å². The van der Waals surface area contributed by atoms with Crippen LogP contribution in [0.3, 0.4) is 0 Å². The third-order valence-corrected chi connectivity index (χ3v) is 4.93. The predicted molar refractivity (Wildman–Crippen MR) is 112 cm³/mol. The third kappa shape index (κ3) is 6.96. The molecule has 2 rings (SSSR count). The Kier molecular flexibility index (Phi) is 6.82. The van der Waals surface area contributed by atoms with Crippen molar-refractivity contribution >= 4 is 23.3 Å². The highest BCUT2D eigenvalue weighted by Crippen LogP contribution is 2.21. The molecule has 1 heterocycles. The minimum atomic E-state index is -0.635. The van der Waals surface area contributed by atoms with Crippen LogP contribution in [0.4, 0.5) is 4.79 Å². The standard InChI is InChI=1S/C21H29N3O3S/c1-14-17(28-16(23-14)12-15-10-8-7-9-11-15)18(25)24-21(5,6)13-22-19(26)27-20(2,3)4/h7-11H,12-13H2,1-6H3,(H,22,26)(H,24,25). The monoisotopic (exact) mass is 403 g/mol. The highest BCUT2D eigenvalue weighted by atomic mass is 32.1. The maximum atomic E-state index is 12.7. The number of alkyl carbamates (subject to hydrolysis) is 1. The number of carbonyl (C=O) groups is 2. The molecule has 0 fully saturated rings. The van der Waals surface area contributed by atoms with Crippen LogP contribution >= 0.6 is 11.3 Å². The van der Waals surface area contributed by atoms with Gasteiger partial charge in [0.2, 0.25) is 0 Å². The van der Waals surface area contributed by atoms with E-state index in [1.54, 1.807) is 20.8 Å². The lowest BCUT2D eigenvalue weighted by Crippen LogP contribution is -2.52. The molecular weight excluding hydrogens is 374 g/mol. The zero-order chi connectivity index (χ0) is 20.9. The van der Waals surface area contributed by atoms with Crippen molar-refractivity contribution in [3.8, 4) is 0 Å². The zero-order valence-electron chi connectivity index (χ0n) is 17.4. The molecule has 28 heavy (non-hydrogen) atoms. The van der Waals surface area contributed by atoms with Crippen molar-refractivity contribution in [3.63, 3.8) is 0 Å². The molecule has 7 heteroatoms. The number of carbonyl (C=O) groups excluding carboxylic acids is 2. The lowest BCUT2D eigenvalue weighted by atomic mass is 10.1. The van der Waals surface area contributed by atoms with Gasteiger partial charge in [0.15, 0.2) is 0 Å². The number of nitrogens with zero attached hydrogens (tertiary/aromatic N) is 1. The molecule has 152 valence electrons. The number of benzene rings is 1. The van der Waals surface area contributed by atoms with Crippen LogP contribution in [0.15, 0.2) is 30.3 Å². The number of nitrogens with one attached hydrogen (secondary N) is 2. The van der Waals surface area contributed by atoms with Gasteiger partial charge in [-0.3, -0.25) is 4.79 Å². The van der Waals surface area contributed by atoms with Gasteiger partial charge in [-0.15, -0.1) is 11.3 Å². The highest BCUT2D eigenvalue weighted by molar-refractivity contribution is 7.13. The van der Waals surface area contributed by atoms with Gasteiger partial charge in [-0.05, 0) is 47.1 Å². The summed E-state index contributed by atoms with van der Waals surface area (Å²) in [5, 5.41) is 6.57.